The van der Waals surface area contributed by atoms with Crippen molar-refractivity contribution in [3.63, 3.8) is 0 Å². The Labute approximate surface area is 226 Å². The molecule has 8 nitrogen and oxygen atoms in total. The van der Waals surface area contributed by atoms with E-state index in [1.165, 1.54) is 6.42 Å². The molecule has 3 atom stereocenters. The second-order valence-electron chi connectivity index (χ2n) is 10.7. The first-order chi connectivity index (χ1) is 18.4. The van der Waals surface area contributed by atoms with Gasteiger partial charge in [0, 0.05) is 48.6 Å². The number of halogens is 1. The number of piperidine rings is 1. The molecule has 6 rings (SSSR count). The molecule has 4 aliphatic rings. The van der Waals surface area contributed by atoms with Gasteiger partial charge in [0.05, 0.1) is 11.6 Å². The predicted octanol–water partition coefficient (Wildman–Crippen LogP) is 3.76. The van der Waals surface area contributed by atoms with Gasteiger partial charge in [0.15, 0.2) is 0 Å². The summed E-state index contributed by atoms with van der Waals surface area (Å²) in [6.45, 7) is 2.16. The third kappa shape index (κ3) is 4.55. The van der Waals surface area contributed by atoms with Gasteiger partial charge in [-0.05, 0) is 67.1 Å². The molecule has 0 unspecified atom stereocenters. The molecule has 2 saturated heterocycles. The zero-order valence-electron chi connectivity index (χ0n) is 21.0. The van der Waals surface area contributed by atoms with Crippen LogP contribution in [0.5, 0.6) is 5.75 Å². The minimum atomic E-state index is -0.622. The van der Waals surface area contributed by atoms with E-state index in [1.807, 2.05) is 24.3 Å². The van der Waals surface area contributed by atoms with Gasteiger partial charge in [-0.25, -0.2) is 0 Å². The summed E-state index contributed by atoms with van der Waals surface area (Å²) in [6, 6.07) is 13.0. The molecule has 196 valence electrons. The number of nitrogens with zero attached hydrogens (tertiary/aromatic N) is 3. The van der Waals surface area contributed by atoms with Crippen LogP contribution in [0.25, 0.3) is 0 Å². The Morgan fingerprint density at radius 2 is 1.84 bits per heavy atom. The number of imide groups is 1. The summed E-state index contributed by atoms with van der Waals surface area (Å²) in [4.78, 5) is 40.9. The molecular weight excluding hydrogens is 504 g/mol. The molecule has 9 heteroatoms. The lowest BCUT2D eigenvalue weighted by Gasteiger charge is -2.48. The monoisotopic (exact) mass is 532 g/mol. The van der Waals surface area contributed by atoms with Crippen molar-refractivity contribution in [2.24, 2.45) is 0 Å². The summed E-state index contributed by atoms with van der Waals surface area (Å²) in [5.74, 6) is 0.221. The maximum absolute atomic E-state index is 13.0. The Morgan fingerprint density at radius 1 is 1.03 bits per heavy atom. The molecule has 1 aliphatic carbocycles. The van der Waals surface area contributed by atoms with E-state index in [4.69, 9.17) is 21.6 Å². The maximum Gasteiger partial charge on any atom is 0.255 e. The largest absolute Gasteiger partial charge is 0.489 e. The van der Waals surface area contributed by atoms with Crippen LogP contribution >= 0.6 is 11.6 Å². The lowest BCUT2D eigenvalue weighted by molar-refractivity contribution is -0.136. The number of ether oxygens (including phenoxy) is 1. The fourth-order valence-corrected chi connectivity index (χ4v) is 6.67. The van der Waals surface area contributed by atoms with Crippen LogP contribution in [-0.4, -0.2) is 58.8 Å². The third-order valence-electron chi connectivity index (χ3n) is 8.40. The van der Waals surface area contributed by atoms with Crippen LogP contribution in [0.15, 0.2) is 36.4 Å². The molecule has 1 saturated carbocycles. The van der Waals surface area contributed by atoms with Crippen molar-refractivity contribution < 1.29 is 19.1 Å². The van der Waals surface area contributed by atoms with Gasteiger partial charge < -0.3 is 9.64 Å². The Morgan fingerprint density at radius 3 is 2.61 bits per heavy atom. The summed E-state index contributed by atoms with van der Waals surface area (Å²) in [5, 5.41) is 12.1. The molecule has 1 N–H and O–H groups in total. The zero-order chi connectivity index (χ0) is 26.4. The quantitative estimate of drug-likeness (QED) is 0.588. The number of carbonyl (C=O) groups is 3. The number of likely N-dealkylation sites (tertiary alicyclic amines) is 1. The van der Waals surface area contributed by atoms with Gasteiger partial charge >= 0.3 is 0 Å². The standard InChI is InChI=1S/C29H29ClN4O4/c30-23-11-17(13-31)5-7-21(23)19-14-33(15-19)24-3-1-2-4-26(24)38-20-6-8-22-18(12-20)16-34(29(22)37)25-9-10-27(35)32-28(25)36/h5-8,11-12,19,24-26H,1-4,9-10,14-16H2,(H,32,35,36)/t24-,25-,26+/m0/s1. The fourth-order valence-electron chi connectivity index (χ4n) is 6.34. The normalized spacial score (nSPS) is 25.9. The van der Waals surface area contributed by atoms with E-state index in [9.17, 15) is 14.4 Å². The van der Waals surface area contributed by atoms with Gasteiger partial charge in [0.25, 0.3) is 5.91 Å². The lowest BCUT2D eigenvalue weighted by Crippen LogP contribution is -2.57. The number of hydrogen-bond acceptors (Lipinski definition) is 6. The fraction of sp³-hybridized carbons (Fsp3) is 0.448. The van der Waals surface area contributed by atoms with Gasteiger partial charge in [-0.3, -0.25) is 24.6 Å². The number of carbonyl (C=O) groups excluding carboxylic acids is 3. The first-order valence-electron chi connectivity index (χ1n) is 13.3. The van der Waals surface area contributed by atoms with Gasteiger partial charge in [-0.1, -0.05) is 24.1 Å². The van der Waals surface area contributed by atoms with E-state index in [1.54, 1.807) is 17.0 Å². The van der Waals surface area contributed by atoms with Crippen LogP contribution < -0.4 is 10.1 Å². The third-order valence-corrected chi connectivity index (χ3v) is 8.73. The highest BCUT2D eigenvalue weighted by Gasteiger charge is 2.41. The van der Waals surface area contributed by atoms with E-state index < -0.39 is 11.9 Å². The van der Waals surface area contributed by atoms with Crippen LogP contribution in [0.4, 0.5) is 0 Å². The van der Waals surface area contributed by atoms with Crippen LogP contribution in [0.2, 0.25) is 5.02 Å². The van der Waals surface area contributed by atoms with Crippen molar-refractivity contribution in [1.82, 2.24) is 15.1 Å². The van der Waals surface area contributed by atoms with Gasteiger partial charge in [0.2, 0.25) is 11.8 Å². The van der Waals surface area contributed by atoms with Crippen LogP contribution in [0, 0.1) is 11.3 Å². The van der Waals surface area contributed by atoms with E-state index in [-0.39, 0.29) is 24.3 Å². The average Bonchev–Trinajstić information content (AvgIpc) is 3.20. The highest BCUT2D eigenvalue weighted by molar-refractivity contribution is 6.31. The van der Waals surface area contributed by atoms with Crippen molar-refractivity contribution in [3.05, 3.63) is 63.7 Å². The number of hydrogen-bond donors (Lipinski definition) is 1. The van der Waals surface area contributed by atoms with Crippen molar-refractivity contribution in [2.45, 2.75) is 69.2 Å². The Kier molecular flexibility index (Phi) is 6.58. The SMILES string of the molecule is N#Cc1ccc(C2CN([C@H]3CCCC[C@H]3Oc3ccc4c(c3)CN([C@H]3CCC(=O)NC3=O)C4=O)C2)c(Cl)c1. The highest BCUT2D eigenvalue weighted by atomic mass is 35.5. The molecule has 3 amide bonds. The van der Waals surface area contributed by atoms with E-state index >= 15 is 0 Å². The Balaban J connectivity index is 1.11. The molecule has 3 heterocycles. The summed E-state index contributed by atoms with van der Waals surface area (Å²) >= 11 is 6.46. The second-order valence-corrected chi connectivity index (χ2v) is 11.1. The number of nitriles is 1. The van der Waals surface area contributed by atoms with Gasteiger partial charge in [-0.2, -0.15) is 5.26 Å². The lowest BCUT2D eigenvalue weighted by atomic mass is 9.84. The minimum Gasteiger partial charge on any atom is -0.489 e. The first kappa shape index (κ1) is 24.9. The minimum absolute atomic E-state index is 0.0579. The summed E-state index contributed by atoms with van der Waals surface area (Å²) < 4.78 is 6.54. The second kappa shape index (κ2) is 10.0. The molecular formula is C29H29ClN4O4. The number of amides is 3. The van der Waals surface area contributed by atoms with Crippen molar-refractivity contribution in [3.8, 4) is 11.8 Å². The Bertz CT molecular complexity index is 1350. The average molecular weight is 533 g/mol. The van der Waals surface area contributed by atoms with E-state index in [0.29, 0.717) is 41.1 Å². The predicted molar refractivity (Wildman–Crippen MR) is 140 cm³/mol. The van der Waals surface area contributed by atoms with Crippen molar-refractivity contribution >= 4 is 29.3 Å². The molecule has 3 aliphatic heterocycles. The van der Waals surface area contributed by atoms with Crippen molar-refractivity contribution in [1.29, 1.82) is 5.26 Å². The molecule has 0 bridgehead atoms. The highest BCUT2D eigenvalue weighted by Crippen LogP contribution is 2.38. The van der Waals surface area contributed by atoms with Crippen molar-refractivity contribution in [2.75, 3.05) is 13.1 Å². The van der Waals surface area contributed by atoms with E-state index in [2.05, 4.69) is 16.3 Å². The van der Waals surface area contributed by atoms with E-state index in [0.717, 1.165) is 49.2 Å². The Hall–Kier alpha value is -3.41. The molecule has 0 aromatic heterocycles. The number of fused-ring (bicyclic) bond motifs is 1. The van der Waals surface area contributed by atoms with Gasteiger partial charge in [-0.15, -0.1) is 0 Å². The topological polar surface area (TPSA) is 103 Å². The number of rotatable bonds is 5. The molecule has 3 fully saturated rings. The molecule has 0 radical (unpaired) electrons. The number of nitrogens with one attached hydrogen (secondary N) is 1. The van der Waals surface area contributed by atoms with Gasteiger partial charge in [0.1, 0.15) is 17.9 Å². The molecule has 2 aromatic carbocycles. The van der Waals surface area contributed by atoms with Crippen LogP contribution in [0.1, 0.15) is 71.5 Å². The summed E-state index contributed by atoms with van der Waals surface area (Å²) in [7, 11) is 0. The summed E-state index contributed by atoms with van der Waals surface area (Å²) in [5.41, 5.74) is 3.11. The molecule has 2 aromatic rings. The smallest absolute Gasteiger partial charge is 0.255 e. The zero-order valence-corrected chi connectivity index (χ0v) is 21.7. The summed E-state index contributed by atoms with van der Waals surface area (Å²) in [6.07, 6.45) is 4.98. The molecule has 0 spiro atoms. The maximum atomic E-state index is 13.0. The molecule has 38 heavy (non-hydrogen) atoms. The number of benzene rings is 2. The van der Waals surface area contributed by atoms with Crippen LogP contribution in [0.3, 0.4) is 0 Å². The van der Waals surface area contributed by atoms with Crippen LogP contribution in [-0.2, 0) is 16.1 Å². The first-order valence-corrected chi connectivity index (χ1v) is 13.7.